The van der Waals surface area contributed by atoms with Crippen molar-refractivity contribution in [2.24, 2.45) is 0 Å². The van der Waals surface area contributed by atoms with Gasteiger partial charge in [0.1, 0.15) is 17.6 Å². The van der Waals surface area contributed by atoms with Crippen molar-refractivity contribution < 1.29 is 9.47 Å². The molecule has 0 saturated carbocycles. The number of hydrogen-bond acceptors (Lipinski definition) is 3. The predicted octanol–water partition coefficient (Wildman–Crippen LogP) is 5.58. The van der Waals surface area contributed by atoms with Crippen LogP contribution in [0.3, 0.4) is 0 Å². The van der Waals surface area contributed by atoms with Crippen LogP contribution in [0.15, 0.2) is 84.9 Å². The number of ether oxygens (including phenoxy) is 2. The fourth-order valence-electron chi connectivity index (χ4n) is 2.81. The molecule has 0 amide bonds. The van der Waals surface area contributed by atoms with Crippen LogP contribution in [0.4, 0.5) is 5.69 Å². The Balaban J connectivity index is 1.35. The third kappa shape index (κ3) is 6.70. The van der Waals surface area contributed by atoms with E-state index in [1.165, 1.54) is 5.56 Å². The first-order valence-electron chi connectivity index (χ1n) is 9.52. The van der Waals surface area contributed by atoms with Crippen LogP contribution in [0.5, 0.6) is 11.5 Å². The van der Waals surface area contributed by atoms with Gasteiger partial charge < -0.3 is 14.8 Å². The second kappa shape index (κ2) is 10.3. The Hall–Kier alpha value is -2.94. The highest BCUT2D eigenvalue weighted by Crippen LogP contribution is 2.17. The van der Waals surface area contributed by atoms with Crippen molar-refractivity contribution in [1.82, 2.24) is 0 Å². The van der Waals surface area contributed by atoms with E-state index < -0.39 is 0 Å². The van der Waals surface area contributed by atoms with Gasteiger partial charge in [-0.1, -0.05) is 48.5 Å². The number of rotatable bonds is 10. The van der Waals surface area contributed by atoms with Crippen LogP contribution in [0.1, 0.15) is 18.9 Å². The molecule has 0 spiro atoms. The number of aryl methyl sites for hydroxylation is 1. The summed E-state index contributed by atoms with van der Waals surface area (Å²) in [5, 5.41) is 3.40. The van der Waals surface area contributed by atoms with Crippen LogP contribution in [-0.2, 0) is 6.42 Å². The van der Waals surface area contributed by atoms with Crippen LogP contribution in [0, 0.1) is 0 Å². The third-order valence-electron chi connectivity index (χ3n) is 4.25. The number of anilines is 1. The van der Waals surface area contributed by atoms with Gasteiger partial charge in [-0.05, 0) is 61.7 Å². The van der Waals surface area contributed by atoms with Gasteiger partial charge >= 0.3 is 0 Å². The maximum atomic E-state index is 5.87. The first kappa shape index (κ1) is 18.8. The van der Waals surface area contributed by atoms with Gasteiger partial charge in [0, 0.05) is 5.69 Å². The molecule has 0 fully saturated rings. The van der Waals surface area contributed by atoms with E-state index in [0.717, 1.165) is 43.2 Å². The molecule has 0 aliphatic carbocycles. The van der Waals surface area contributed by atoms with Crippen molar-refractivity contribution in [3.05, 3.63) is 90.5 Å². The molecule has 0 saturated heterocycles. The summed E-state index contributed by atoms with van der Waals surface area (Å²) in [7, 11) is 0. The number of nitrogens with one attached hydrogen (secondary N) is 1. The van der Waals surface area contributed by atoms with E-state index in [0.29, 0.717) is 0 Å². The molecule has 3 aromatic rings. The molecule has 27 heavy (non-hydrogen) atoms. The molecule has 1 atom stereocenters. The number of para-hydroxylation sites is 1. The predicted molar refractivity (Wildman–Crippen MR) is 112 cm³/mol. The number of hydrogen-bond donors (Lipinski definition) is 1. The van der Waals surface area contributed by atoms with Crippen LogP contribution in [-0.4, -0.2) is 19.3 Å². The van der Waals surface area contributed by atoms with Gasteiger partial charge in [0.15, 0.2) is 0 Å². The van der Waals surface area contributed by atoms with Crippen LogP contribution in [0.25, 0.3) is 0 Å². The molecule has 0 radical (unpaired) electrons. The largest absolute Gasteiger partial charge is 0.494 e. The second-order valence-electron chi connectivity index (χ2n) is 6.58. The van der Waals surface area contributed by atoms with Crippen molar-refractivity contribution in [2.75, 3.05) is 18.5 Å². The van der Waals surface area contributed by atoms with E-state index in [1.54, 1.807) is 0 Å². The summed E-state index contributed by atoms with van der Waals surface area (Å²) in [6.07, 6.45) is 2.14. The molecule has 140 valence electrons. The van der Waals surface area contributed by atoms with Gasteiger partial charge in [0.2, 0.25) is 0 Å². The molecule has 0 aromatic heterocycles. The van der Waals surface area contributed by atoms with Gasteiger partial charge in [-0.2, -0.15) is 0 Å². The third-order valence-corrected chi connectivity index (χ3v) is 4.25. The molecule has 3 rings (SSSR count). The molecule has 3 aromatic carbocycles. The summed E-state index contributed by atoms with van der Waals surface area (Å²) >= 11 is 0. The smallest absolute Gasteiger partial charge is 0.119 e. The minimum absolute atomic E-state index is 0.0845. The van der Waals surface area contributed by atoms with Gasteiger partial charge in [-0.25, -0.2) is 0 Å². The van der Waals surface area contributed by atoms with E-state index >= 15 is 0 Å². The highest BCUT2D eigenvalue weighted by molar-refractivity contribution is 5.46. The molecule has 1 N–H and O–H groups in total. The topological polar surface area (TPSA) is 30.5 Å². The Bertz CT molecular complexity index is 772. The normalized spacial score (nSPS) is 11.6. The van der Waals surface area contributed by atoms with E-state index in [1.807, 2.05) is 60.7 Å². The lowest BCUT2D eigenvalue weighted by Gasteiger charge is -2.16. The Morgan fingerprint density at radius 2 is 1.44 bits per heavy atom. The van der Waals surface area contributed by atoms with Gasteiger partial charge in [-0.15, -0.1) is 0 Å². The highest BCUT2D eigenvalue weighted by Gasteiger charge is 2.04. The summed E-state index contributed by atoms with van der Waals surface area (Å²) in [5.41, 5.74) is 2.42. The molecule has 0 heterocycles. The molecule has 3 nitrogen and oxygen atoms in total. The summed E-state index contributed by atoms with van der Waals surface area (Å²) < 4.78 is 11.7. The standard InChI is InChI=1S/C24H27NO2/c1-20(27-24-12-6-3-7-13-24)19-25-22-14-16-23(17-15-22)26-18-8-11-21-9-4-2-5-10-21/h2-7,9-10,12-17,20,25H,8,11,18-19H2,1H3. The van der Waals surface area contributed by atoms with Crippen LogP contribution in [0.2, 0.25) is 0 Å². The summed E-state index contributed by atoms with van der Waals surface area (Å²) in [6, 6.07) is 28.5. The van der Waals surface area contributed by atoms with Crippen molar-refractivity contribution in [2.45, 2.75) is 25.9 Å². The van der Waals surface area contributed by atoms with E-state index in [2.05, 4.69) is 36.5 Å². The SMILES string of the molecule is CC(CNc1ccc(OCCCc2ccccc2)cc1)Oc1ccccc1. The molecule has 0 aliphatic heterocycles. The highest BCUT2D eigenvalue weighted by atomic mass is 16.5. The fourth-order valence-corrected chi connectivity index (χ4v) is 2.81. The van der Waals surface area contributed by atoms with Crippen LogP contribution >= 0.6 is 0 Å². The lowest BCUT2D eigenvalue weighted by Crippen LogP contribution is -2.22. The first-order valence-corrected chi connectivity index (χ1v) is 9.52. The molecule has 0 bridgehead atoms. The van der Waals surface area contributed by atoms with Gasteiger partial charge in [0.05, 0.1) is 13.2 Å². The van der Waals surface area contributed by atoms with Crippen molar-refractivity contribution >= 4 is 5.69 Å². The minimum Gasteiger partial charge on any atom is -0.494 e. The Kier molecular flexibility index (Phi) is 7.16. The molecule has 1 unspecified atom stereocenters. The van der Waals surface area contributed by atoms with Crippen molar-refractivity contribution in [3.63, 3.8) is 0 Å². The number of benzene rings is 3. The molecular weight excluding hydrogens is 334 g/mol. The Labute approximate surface area is 162 Å². The lowest BCUT2D eigenvalue weighted by molar-refractivity contribution is 0.235. The van der Waals surface area contributed by atoms with Gasteiger partial charge in [-0.3, -0.25) is 0 Å². The Morgan fingerprint density at radius 3 is 2.15 bits per heavy atom. The lowest BCUT2D eigenvalue weighted by atomic mass is 10.1. The average Bonchev–Trinajstić information content (AvgIpc) is 2.72. The van der Waals surface area contributed by atoms with Crippen LogP contribution < -0.4 is 14.8 Å². The summed E-state index contributed by atoms with van der Waals surface area (Å²) in [4.78, 5) is 0. The fraction of sp³-hybridized carbons (Fsp3) is 0.250. The maximum Gasteiger partial charge on any atom is 0.119 e. The maximum absolute atomic E-state index is 5.87. The first-order chi connectivity index (χ1) is 13.3. The van der Waals surface area contributed by atoms with E-state index in [9.17, 15) is 0 Å². The van der Waals surface area contributed by atoms with E-state index in [4.69, 9.17) is 9.47 Å². The molecular formula is C24H27NO2. The molecule has 3 heteroatoms. The van der Waals surface area contributed by atoms with Crippen molar-refractivity contribution in [1.29, 1.82) is 0 Å². The molecule has 0 aliphatic rings. The van der Waals surface area contributed by atoms with Crippen molar-refractivity contribution in [3.8, 4) is 11.5 Å². The second-order valence-corrected chi connectivity index (χ2v) is 6.58. The summed E-state index contributed by atoms with van der Waals surface area (Å²) in [5.74, 6) is 1.80. The Morgan fingerprint density at radius 1 is 0.778 bits per heavy atom. The average molecular weight is 361 g/mol. The monoisotopic (exact) mass is 361 g/mol. The van der Waals surface area contributed by atoms with E-state index in [-0.39, 0.29) is 6.10 Å². The minimum atomic E-state index is 0.0845. The quantitative estimate of drug-likeness (QED) is 0.478. The van der Waals surface area contributed by atoms with Gasteiger partial charge in [0.25, 0.3) is 0 Å². The zero-order chi connectivity index (χ0) is 18.7. The zero-order valence-corrected chi connectivity index (χ0v) is 15.8. The zero-order valence-electron chi connectivity index (χ0n) is 15.8. The summed E-state index contributed by atoms with van der Waals surface area (Å²) in [6.45, 7) is 3.53.